The molecular weight excluding hydrogens is 771 g/mol. The number of halogens is 3. The zero-order chi connectivity index (χ0) is 35.8. The van der Waals surface area contributed by atoms with Crippen molar-refractivity contribution >= 4 is 78.0 Å². The summed E-state index contributed by atoms with van der Waals surface area (Å²) in [5.41, 5.74) is 16.6. The van der Waals surface area contributed by atoms with E-state index < -0.39 is 36.0 Å². The molecular formula is C30H37Cl3N8O4S4. The van der Waals surface area contributed by atoms with E-state index in [0.717, 1.165) is 29.3 Å². The van der Waals surface area contributed by atoms with Crippen molar-refractivity contribution in [1.29, 1.82) is 0 Å². The summed E-state index contributed by atoms with van der Waals surface area (Å²) in [5.74, 6) is 2.04. The Hall–Kier alpha value is -1.83. The Morgan fingerprint density at radius 1 is 0.878 bits per heavy atom. The Bertz CT molecular complexity index is 1910. The Labute approximate surface area is 310 Å². The van der Waals surface area contributed by atoms with E-state index in [1.807, 2.05) is 13.8 Å². The van der Waals surface area contributed by atoms with Gasteiger partial charge in [-0.1, -0.05) is 34.8 Å². The summed E-state index contributed by atoms with van der Waals surface area (Å²) < 4.78 is 57.7. The molecule has 2 atom stereocenters. The lowest BCUT2D eigenvalue weighted by Gasteiger charge is -2.41. The van der Waals surface area contributed by atoms with Crippen LogP contribution < -0.4 is 22.1 Å². The first-order valence-electron chi connectivity index (χ1n) is 14.8. The van der Waals surface area contributed by atoms with Gasteiger partial charge in [0.15, 0.2) is 20.1 Å². The third kappa shape index (κ3) is 9.35. The minimum atomic E-state index is -4.53. The number of nitrogens with one attached hydrogen (secondary N) is 4. The summed E-state index contributed by atoms with van der Waals surface area (Å²) in [5, 5.41) is 5.94. The number of hydrogen-bond donors (Lipinski definition) is 6. The second kappa shape index (κ2) is 17.6. The van der Waals surface area contributed by atoms with E-state index >= 15 is 0 Å². The van der Waals surface area contributed by atoms with Crippen LogP contribution in [0.15, 0.2) is 64.9 Å². The van der Waals surface area contributed by atoms with Gasteiger partial charge in [-0.2, -0.15) is 23.5 Å². The van der Waals surface area contributed by atoms with Crippen LogP contribution in [0.5, 0.6) is 0 Å². The third-order valence-corrected chi connectivity index (χ3v) is 14.7. The summed E-state index contributed by atoms with van der Waals surface area (Å²) in [4.78, 5) is 11.8. The predicted molar refractivity (Wildman–Crippen MR) is 200 cm³/mol. The van der Waals surface area contributed by atoms with Crippen molar-refractivity contribution in [3.05, 3.63) is 105 Å². The Balaban J connectivity index is 1.69. The van der Waals surface area contributed by atoms with Crippen molar-refractivity contribution in [2.24, 2.45) is 11.5 Å². The minimum Gasteiger partial charge on any atom is -0.348 e. The topological polar surface area (TPSA) is 202 Å². The van der Waals surface area contributed by atoms with Crippen molar-refractivity contribution in [1.82, 2.24) is 30.6 Å². The predicted octanol–water partition coefficient (Wildman–Crippen LogP) is 4.64. The van der Waals surface area contributed by atoms with Crippen molar-refractivity contribution in [2.45, 2.75) is 46.1 Å². The second-order valence-corrected chi connectivity index (χ2v) is 18.3. The first kappa shape index (κ1) is 39.9. The van der Waals surface area contributed by atoms with Crippen LogP contribution in [0.4, 0.5) is 0 Å². The van der Waals surface area contributed by atoms with Gasteiger partial charge < -0.3 is 21.4 Å². The number of aromatic amines is 2. The highest BCUT2D eigenvalue weighted by molar-refractivity contribution is 7.98. The van der Waals surface area contributed by atoms with Gasteiger partial charge in [0.25, 0.3) is 0 Å². The van der Waals surface area contributed by atoms with Crippen LogP contribution in [0.25, 0.3) is 0 Å². The molecule has 0 aliphatic rings. The Morgan fingerprint density at radius 3 is 1.94 bits per heavy atom. The lowest BCUT2D eigenvalue weighted by atomic mass is 10.1. The summed E-state index contributed by atoms with van der Waals surface area (Å²) >= 11 is 21.4. The van der Waals surface area contributed by atoms with E-state index in [2.05, 4.69) is 30.6 Å². The number of hydrogen-bond acceptors (Lipinski definition) is 12. The fourth-order valence-corrected chi connectivity index (χ4v) is 10.5. The number of aromatic nitrogens is 4. The highest BCUT2D eigenvalue weighted by Crippen LogP contribution is 2.36. The van der Waals surface area contributed by atoms with Gasteiger partial charge in [-0.25, -0.2) is 26.8 Å². The zero-order valence-electron chi connectivity index (χ0n) is 26.5. The quantitative estimate of drug-likeness (QED) is 0.0719. The molecule has 4 rings (SSSR count). The van der Waals surface area contributed by atoms with Gasteiger partial charge in [-0.3, -0.25) is 10.6 Å². The fraction of sp³-hybridized carbons (Fsp3) is 0.333. The normalized spacial score (nSPS) is 14.3. The van der Waals surface area contributed by atoms with Gasteiger partial charge in [0.2, 0.25) is 9.84 Å². The van der Waals surface area contributed by atoms with Gasteiger partial charge in [0.05, 0.1) is 56.5 Å². The number of thioether (sulfide) groups is 2. The van der Waals surface area contributed by atoms with E-state index in [1.54, 1.807) is 12.7 Å². The number of rotatable bonds is 19. The molecule has 266 valence electrons. The van der Waals surface area contributed by atoms with Gasteiger partial charge in [-0.15, -0.1) is 0 Å². The molecule has 0 fully saturated rings. The molecule has 8 N–H and O–H groups in total. The zero-order valence-corrected chi connectivity index (χ0v) is 32.1. The first-order valence-corrected chi connectivity index (χ1v) is 21.2. The molecule has 2 aromatic heterocycles. The van der Waals surface area contributed by atoms with Crippen molar-refractivity contribution in [2.75, 3.05) is 24.6 Å². The molecule has 2 radical (unpaired) electrons. The van der Waals surface area contributed by atoms with Crippen molar-refractivity contribution < 1.29 is 16.8 Å². The molecule has 0 saturated heterocycles. The molecule has 0 aliphatic carbocycles. The summed E-state index contributed by atoms with van der Waals surface area (Å²) in [6, 6.07) is 7.49. The third-order valence-electron chi connectivity index (χ3n) is 7.61. The van der Waals surface area contributed by atoms with E-state index in [-0.39, 0.29) is 32.9 Å². The van der Waals surface area contributed by atoms with E-state index in [9.17, 15) is 16.8 Å². The minimum absolute atomic E-state index is 0.00534. The largest absolute Gasteiger partial charge is 0.348 e. The maximum atomic E-state index is 14.5. The number of imidazole rings is 2. The van der Waals surface area contributed by atoms with Gasteiger partial charge in [0, 0.05) is 52.5 Å². The van der Waals surface area contributed by atoms with E-state index in [1.165, 1.54) is 66.0 Å². The summed E-state index contributed by atoms with van der Waals surface area (Å²) in [6.07, 6.45) is 3.21. The molecule has 2 unspecified atom stereocenters. The molecule has 19 heteroatoms. The van der Waals surface area contributed by atoms with Gasteiger partial charge in [-0.05, 0) is 56.3 Å². The van der Waals surface area contributed by atoms with Crippen LogP contribution in [0.3, 0.4) is 0 Å². The number of benzene rings is 2. The average Bonchev–Trinajstić information content (AvgIpc) is 3.68. The number of nitrogens with two attached hydrogens (primary N) is 2. The maximum Gasteiger partial charge on any atom is 0.201 e. The van der Waals surface area contributed by atoms with Crippen LogP contribution in [0.2, 0.25) is 15.1 Å². The smallest absolute Gasteiger partial charge is 0.201 e. The lowest BCUT2D eigenvalue weighted by molar-refractivity contribution is 0.405. The molecule has 0 aliphatic heterocycles. The van der Waals surface area contributed by atoms with Crippen LogP contribution in [0, 0.1) is 25.8 Å². The van der Waals surface area contributed by atoms with Crippen molar-refractivity contribution in [3.63, 3.8) is 0 Å². The number of H-pyrrole nitrogens is 2. The van der Waals surface area contributed by atoms with Crippen LogP contribution in [-0.4, -0.2) is 72.3 Å². The van der Waals surface area contributed by atoms with E-state index in [4.69, 9.17) is 46.3 Å². The molecule has 0 saturated carbocycles. The Morgan fingerprint density at radius 2 is 1.43 bits per heavy atom. The SMILES string of the molecule is Cc1nc[nH]c1CSCCN[C](C(N)C([CH]N)(NCCSCc1[nH]cnc1C)S(=O)(=O)c1ccc(Cl)cc1)S(=O)(=O)c1ccc(Cl)c(Cl)c1. The van der Waals surface area contributed by atoms with Gasteiger partial charge >= 0.3 is 0 Å². The molecule has 2 heterocycles. The number of nitrogens with zero attached hydrogens (tertiary/aromatic N) is 2. The van der Waals surface area contributed by atoms with Crippen LogP contribution >= 0.6 is 58.3 Å². The number of sulfone groups is 2. The molecule has 49 heavy (non-hydrogen) atoms. The molecule has 12 nitrogen and oxygen atoms in total. The second-order valence-electron chi connectivity index (χ2n) is 10.7. The Kier molecular flexibility index (Phi) is 14.3. The number of aryl methyl sites for hydroxylation is 2. The molecule has 2 aromatic carbocycles. The standard InChI is InChI=1S/C30H37Cl3N8O4S4/c1-19-26(39-17-37-19)14-46-11-9-36-29(48(42,43)23-7-8-24(32)25(33)13-23)28(35)30(16-34,49(44,45)22-5-3-21(31)4-6-22)41-10-12-47-15-27-20(2)38-18-40-27/h3-8,13,16-18,28,36,41H,9-12,14-15,34-35H2,1-2H3,(H,37,39)(H,38,40). The highest BCUT2D eigenvalue weighted by atomic mass is 35.5. The van der Waals surface area contributed by atoms with Crippen LogP contribution in [-0.2, 0) is 31.2 Å². The van der Waals surface area contributed by atoms with E-state index in [0.29, 0.717) is 28.0 Å². The highest BCUT2D eigenvalue weighted by Gasteiger charge is 2.55. The molecule has 0 spiro atoms. The molecule has 0 amide bonds. The van der Waals surface area contributed by atoms with Crippen LogP contribution in [0.1, 0.15) is 22.8 Å². The summed E-state index contributed by atoms with van der Waals surface area (Å²) in [6.45, 7) is 4.86. The molecule has 0 bridgehead atoms. The monoisotopic (exact) mass is 806 g/mol. The lowest BCUT2D eigenvalue weighted by Crippen LogP contribution is -2.69. The summed E-state index contributed by atoms with van der Waals surface area (Å²) in [7, 11) is -9.02. The maximum absolute atomic E-state index is 14.5. The average molecular weight is 808 g/mol. The fourth-order valence-electron chi connectivity index (χ4n) is 4.76. The molecule has 4 aromatic rings. The van der Waals surface area contributed by atoms with Gasteiger partial charge in [0.1, 0.15) is 0 Å². The first-order chi connectivity index (χ1) is 23.2. The van der Waals surface area contributed by atoms with Crippen molar-refractivity contribution in [3.8, 4) is 0 Å².